The van der Waals surface area contributed by atoms with Crippen LogP contribution in [0, 0.1) is 12.3 Å². The molecule has 0 spiro atoms. The molecule has 0 saturated heterocycles. The van der Waals surface area contributed by atoms with Gasteiger partial charge < -0.3 is 5.11 Å². The molecule has 1 nitrogen and oxygen atoms in total. The van der Waals surface area contributed by atoms with E-state index >= 15 is 0 Å². The van der Waals surface area contributed by atoms with Crippen LogP contribution in [0.15, 0.2) is 0 Å². The van der Waals surface area contributed by atoms with E-state index in [1.807, 2.05) is 0 Å². The maximum absolute atomic E-state index is 9.05. The van der Waals surface area contributed by atoms with E-state index in [4.69, 9.17) is 23.1 Å². The third kappa shape index (κ3) is 2.90. The minimum Gasteiger partial charge on any atom is -0.388 e. The molecular formula is C6H9ClO. The van der Waals surface area contributed by atoms with Crippen molar-refractivity contribution in [2.45, 2.75) is 18.9 Å². The summed E-state index contributed by atoms with van der Waals surface area (Å²) in [7, 11) is 0. The van der Waals surface area contributed by atoms with Crippen molar-refractivity contribution in [2.75, 3.05) is 5.88 Å². The van der Waals surface area contributed by atoms with Crippen molar-refractivity contribution in [1.82, 2.24) is 0 Å². The van der Waals surface area contributed by atoms with Gasteiger partial charge in [0, 0.05) is 6.42 Å². The van der Waals surface area contributed by atoms with Crippen LogP contribution in [0.1, 0.15) is 13.3 Å². The maximum atomic E-state index is 9.05. The molecule has 8 heavy (non-hydrogen) atoms. The van der Waals surface area contributed by atoms with Gasteiger partial charge in [-0.1, -0.05) is 0 Å². The van der Waals surface area contributed by atoms with E-state index in [2.05, 4.69) is 5.92 Å². The fourth-order valence-electron chi connectivity index (χ4n) is 0.267. The Labute approximate surface area is 54.7 Å². The zero-order valence-corrected chi connectivity index (χ0v) is 5.57. The monoisotopic (exact) mass is 132 g/mol. The molecule has 0 aliphatic carbocycles. The smallest absolute Gasteiger partial charge is 0.0863 e. The highest BCUT2D eigenvalue weighted by atomic mass is 35.5. The van der Waals surface area contributed by atoms with Gasteiger partial charge in [0.15, 0.2) is 0 Å². The Balaban J connectivity index is 3.58. The summed E-state index contributed by atoms with van der Waals surface area (Å²) < 4.78 is 0. The van der Waals surface area contributed by atoms with Gasteiger partial charge in [0.1, 0.15) is 0 Å². The summed E-state index contributed by atoms with van der Waals surface area (Å²) in [5, 5.41) is 9.05. The maximum Gasteiger partial charge on any atom is 0.0863 e. The van der Waals surface area contributed by atoms with E-state index in [0.29, 0.717) is 6.42 Å². The lowest BCUT2D eigenvalue weighted by atomic mass is 10.1. The molecule has 0 aliphatic heterocycles. The Kier molecular flexibility index (Phi) is 2.89. The van der Waals surface area contributed by atoms with Crippen LogP contribution in [0.5, 0.6) is 0 Å². The molecule has 0 fully saturated rings. The van der Waals surface area contributed by atoms with Crippen molar-refractivity contribution < 1.29 is 5.11 Å². The molecule has 0 aromatic carbocycles. The number of hydrogen-bond donors (Lipinski definition) is 1. The Morgan fingerprint density at radius 1 is 1.88 bits per heavy atom. The lowest BCUT2D eigenvalue weighted by molar-refractivity contribution is 0.0899. The van der Waals surface area contributed by atoms with Gasteiger partial charge in [-0.15, -0.1) is 23.9 Å². The SMILES string of the molecule is C#CCC(C)(O)CCl. The molecule has 0 radical (unpaired) electrons. The lowest BCUT2D eigenvalue weighted by Gasteiger charge is -2.15. The van der Waals surface area contributed by atoms with Crippen LogP contribution in [-0.2, 0) is 0 Å². The second kappa shape index (κ2) is 2.96. The molecular weight excluding hydrogens is 124 g/mol. The first-order valence-electron chi connectivity index (χ1n) is 2.34. The highest BCUT2D eigenvalue weighted by molar-refractivity contribution is 6.18. The van der Waals surface area contributed by atoms with Gasteiger partial charge in [0.05, 0.1) is 11.5 Å². The van der Waals surface area contributed by atoms with Gasteiger partial charge in [-0.2, -0.15) is 0 Å². The molecule has 2 heteroatoms. The molecule has 0 aliphatic rings. The summed E-state index contributed by atoms with van der Waals surface area (Å²) in [4.78, 5) is 0. The molecule has 0 bridgehead atoms. The topological polar surface area (TPSA) is 20.2 Å². The van der Waals surface area contributed by atoms with Crippen LogP contribution in [0.3, 0.4) is 0 Å². The highest BCUT2D eigenvalue weighted by Gasteiger charge is 2.15. The molecule has 0 heterocycles. The number of aliphatic hydroxyl groups is 1. The summed E-state index contributed by atoms with van der Waals surface area (Å²) >= 11 is 5.33. The number of alkyl halides is 1. The summed E-state index contributed by atoms with van der Waals surface area (Å²) in [6.45, 7) is 1.61. The van der Waals surface area contributed by atoms with Crippen LogP contribution in [-0.4, -0.2) is 16.6 Å². The van der Waals surface area contributed by atoms with Gasteiger partial charge in [0.25, 0.3) is 0 Å². The van der Waals surface area contributed by atoms with Crippen molar-refractivity contribution in [2.24, 2.45) is 0 Å². The van der Waals surface area contributed by atoms with E-state index in [9.17, 15) is 0 Å². The lowest BCUT2D eigenvalue weighted by Crippen LogP contribution is -2.24. The minimum atomic E-state index is -0.879. The van der Waals surface area contributed by atoms with Crippen molar-refractivity contribution in [1.29, 1.82) is 0 Å². The van der Waals surface area contributed by atoms with Crippen LogP contribution in [0.25, 0.3) is 0 Å². The van der Waals surface area contributed by atoms with E-state index in [-0.39, 0.29) is 5.88 Å². The van der Waals surface area contributed by atoms with E-state index in [0.717, 1.165) is 0 Å². The standard InChI is InChI=1S/C6H9ClO/c1-3-4-6(2,8)5-7/h1,8H,4-5H2,2H3. The largest absolute Gasteiger partial charge is 0.388 e. The van der Waals surface area contributed by atoms with E-state index < -0.39 is 5.60 Å². The third-order valence-corrected chi connectivity index (χ3v) is 1.35. The first kappa shape index (κ1) is 7.81. The fraction of sp³-hybridized carbons (Fsp3) is 0.667. The molecule has 46 valence electrons. The quantitative estimate of drug-likeness (QED) is 0.439. The van der Waals surface area contributed by atoms with E-state index in [1.165, 1.54) is 0 Å². The van der Waals surface area contributed by atoms with Gasteiger partial charge in [-0.3, -0.25) is 0 Å². The second-order valence-corrected chi connectivity index (χ2v) is 2.28. The summed E-state index contributed by atoms with van der Waals surface area (Å²) in [6.07, 6.45) is 5.24. The molecule has 1 atom stereocenters. The van der Waals surface area contributed by atoms with Crippen LogP contribution in [0.2, 0.25) is 0 Å². The predicted molar refractivity (Wildman–Crippen MR) is 34.8 cm³/mol. The van der Waals surface area contributed by atoms with Crippen molar-refractivity contribution >= 4 is 11.6 Å². The van der Waals surface area contributed by atoms with Gasteiger partial charge in [0.2, 0.25) is 0 Å². The first-order valence-corrected chi connectivity index (χ1v) is 2.87. The molecule has 0 aromatic rings. The van der Waals surface area contributed by atoms with Gasteiger partial charge in [-0.05, 0) is 6.92 Å². The molecule has 1 N–H and O–H groups in total. The fourth-order valence-corrected chi connectivity index (χ4v) is 0.362. The Hall–Kier alpha value is -0.190. The van der Waals surface area contributed by atoms with Crippen LogP contribution < -0.4 is 0 Å². The number of halogens is 1. The number of rotatable bonds is 2. The Morgan fingerprint density at radius 2 is 2.38 bits per heavy atom. The average Bonchev–Trinajstić information content (AvgIpc) is 1.67. The highest BCUT2D eigenvalue weighted by Crippen LogP contribution is 2.08. The number of hydrogen-bond acceptors (Lipinski definition) is 1. The van der Waals surface area contributed by atoms with Crippen LogP contribution in [0.4, 0.5) is 0 Å². The second-order valence-electron chi connectivity index (χ2n) is 2.01. The van der Waals surface area contributed by atoms with Crippen molar-refractivity contribution in [3.8, 4) is 12.3 Å². The predicted octanol–water partition coefficient (Wildman–Crippen LogP) is 0.999. The van der Waals surface area contributed by atoms with Gasteiger partial charge >= 0.3 is 0 Å². The Morgan fingerprint density at radius 3 is 2.50 bits per heavy atom. The third-order valence-electron chi connectivity index (χ3n) is 0.771. The van der Waals surface area contributed by atoms with Gasteiger partial charge in [-0.25, -0.2) is 0 Å². The van der Waals surface area contributed by atoms with Crippen molar-refractivity contribution in [3.63, 3.8) is 0 Å². The molecule has 1 unspecified atom stereocenters. The summed E-state index contributed by atoms with van der Waals surface area (Å²) in [6, 6.07) is 0. The molecule has 0 rings (SSSR count). The summed E-state index contributed by atoms with van der Waals surface area (Å²) in [5.41, 5.74) is -0.879. The molecule has 0 saturated carbocycles. The minimum absolute atomic E-state index is 0.192. The zero-order valence-electron chi connectivity index (χ0n) is 4.82. The first-order chi connectivity index (χ1) is 3.62. The van der Waals surface area contributed by atoms with Crippen LogP contribution >= 0.6 is 11.6 Å². The molecule has 0 amide bonds. The Bertz CT molecular complexity index is 102. The number of terminal acetylenes is 1. The van der Waals surface area contributed by atoms with Crippen molar-refractivity contribution in [3.05, 3.63) is 0 Å². The average molecular weight is 133 g/mol. The summed E-state index contributed by atoms with van der Waals surface area (Å²) in [5.74, 6) is 2.52. The molecule has 0 aromatic heterocycles. The zero-order chi connectivity index (χ0) is 6.62. The normalized spacial score (nSPS) is 16.8. The van der Waals surface area contributed by atoms with E-state index in [1.54, 1.807) is 6.92 Å².